The summed E-state index contributed by atoms with van der Waals surface area (Å²) in [5, 5.41) is 10.6. The first-order chi connectivity index (χ1) is 15.4. The van der Waals surface area contributed by atoms with Crippen LogP contribution < -0.4 is 0 Å². The zero-order valence-electron chi connectivity index (χ0n) is 18.1. The molecular weight excluding hydrogens is 424 g/mol. The molecule has 1 aliphatic rings. The van der Waals surface area contributed by atoms with Gasteiger partial charge in [-0.15, -0.1) is 0 Å². The van der Waals surface area contributed by atoms with Crippen molar-refractivity contribution in [1.82, 2.24) is 19.2 Å². The Morgan fingerprint density at radius 3 is 2.19 bits per heavy atom. The maximum atomic E-state index is 13.4. The van der Waals surface area contributed by atoms with Gasteiger partial charge in [0.15, 0.2) is 0 Å². The molecule has 4 rings (SSSR count). The molecule has 2 aromatic heterocycles. The molecule has 0 saturated carbocycles. The number of pyridine rings is 2. The van der Waals surface area contributed by atoms with Crippen LogP contribution >= 0.6 is 0 Å². The van der Waals surface area contributed by atoms with Crippen molar-refractivity contribution in [3.8, 4) is 0 Å². The molecule has 3 heterocycles. The fourth-order valence-electron chi connectivity index (χ4n) is 4.19. The SMILES string of the molecule is Cc1ccc(S(=O)(=O)N2CCN(Cc3ccccn3)C(CO)(Cc3ccccn3)C2)cc1. The molecule has 0 amide bonds. The maximum absolute atomic E-state index is 13.4. The molecular formula is C24H28N4O3S. The highest BCUT2D eigenvalue weighted by Crippen LogP contribution is 2.30. The normalized spacial score (nSPS) is 20.3. The van der Waals surface area contributed by atoms with Gasteiger partial charge in [0.1, 0.15) is 0 Å². The molecule has 0 bridgehead atoms. The molecule has 0 spiro atoms. The van der Waals surface area contributed by atoms with E-state index in [4.69, 9.17) is 0 Å². The minimum absolute atomic E-state index is 0.170. The van der Waals surface area contributed by atoms with Crippen LogP contribution in [0.5, 0.6) is 0 Å². The molecule has 1 fully saturated rings. The Bertz CT molecular complexity index is 1120. The van der Waals surface area contributed by atoms with Crippen LogP contribution in [0.2, 0.25) is 0 Å². The molecule has 1 aromatic carbocycles. The van der Waals surface area contributed by atoms with Crippen molar-refractivity contribution < 1.29 is 13.5 Å². The maximum Gasteiger partial charge on any atom is 0.243 e. The summed E-state index contributed by atoms with van der Waals surface area (Å²) in [6, 6.07) is 18.3. The van der Waals surface area contributed by atoms with E-state index in [1.165, 1.54) is 4.31 Å². The summed E-state index contributed by atoms with van der Waals surface area (Å²) < 4.78 is 28.3. The monoisotopic (exact) mass is 452 g/mol. The lowest BCUT2D eigenvalue weighted by Gasteiger charge is -2.49. The highest BCUT2D eigenvalue weighted by Gasteiger charge is 2.45. The first kappa shape index (κ1) is 22.5. The van der Waals surface area contributed by atoms with Gasteiger partial charge in [-0.05, 0) is 43.3 Å². The molecule has 8 heteroatoms. The van der Waals surface area contributed by atoms with Crippen LogP contribution in [0.3, 0.4) is 0 Å². The number of nitrogens with zero attached hydrogens (tertiary/aromatic N) is 4. The summed E-state index contributed by atoms with van der Waals surface area (Å²) >= 11 is 0. The third-order valence-electron chi connectivity index (χ3n) is 6.03. The number of hydrogen-bond donors (Lipinski definition) is 1. The predicted molar refractivity (Wildman–Crippen MR) is 122 cm³/mol. The van der Waals surface area contributed by atoms with Gasteiger partial charge in [0, 0.05) is 50.7 Å². The third-order valence-corrected chi connectivity index (χ3v) is 7.89. The highest BCUT2D eigenvalue weighted by molar-refractivity contribution is 7.89. The fourth-order valence-corrected chi connectivity index (χ4v) is 5.70. The molecule has 0 aliphatic carbocycles. The van der Waals surface area contributed by atoms with E-state index in [9.17, 15) is 13.5 Å². The van der Waals surface area contributed by atoms with Gasteiger partial charge in [0.25, 0.3) is 0 Å². The van der Waals surface area contributed by atoms with Gasteiger partial charge in [-0.25, -0.2) is 8.42 Å². The smallest absolute Gasteiger partial charge is 0.243 e. The Morgan fingerprint density at radius 2 is 1.59 bits per heavy atom. The summed E-state index contributed by atoms with van der Waals surface area (Å²) in [4.78, 5) is 11.3. The Morgan fingerprint density at radius 1 is 0.938 bits per heavy atom. The molecule has 1 unspecified atom stereocenters. The van der Waals surface area contributed by atoms with E-state index in [-0.39, 0.29) is 18.0 Å². The molecule has 1 saturated heterocycles. The lowest BCUT2D eigenvalue weighted by molar-refractivity contribution is -0.0213. The molecule has 1 atom stereocenters. The number of piperazine rings is 1. The topological polar surface area (TPSA) is 86.6 Å². The van der Waals surface area contributed by atoms with Crippen LogP contribution in [0, 0.1) is 6.92 Å². The van der Waals surface area contributed by atoms with Gasteiger partial charge < -0.3 is 5.11 Å². The summed E-state index contributed by atoms with van der Waals surface area (Å²) in [7, 11) is -3.69. The zero-order chi connectivity index (χ0) is 22.6. The number of aliphatic hydroxyl groups is 1. The Labute approximate surface area is 189 Å². The van der Waals surface area contributed by atoms with Crippen LogP contribution in [0.15, 0.2) is 78.0 Å². The number of sulfonamides is 1. The number of benzene rings is 1. The van der Waals surface area contributed by atoms with Gasteiger partial charge in [-0.3, -0.25) is 14.9 Å². The second-order valence-electron chi connectivity index (χ2n) is 8.27. The van der Waals surface area contributed by atoms with E-state index in [0.717, 1.165) is 17.0 Å². The minimum atomic E-state index is -3.69. The lowest BCUT2D eigenvalue weighted by atomic mass is 9.89. The molecule has 0 radical (unpaired) electrons. The van der Waals surface area contributed by atoms with E-state index < -0.39 is 15.6 Å². The third kappa shape index (κ3) is 4.73. The van der Waals surface area contributed by atoms with Crippen molar-refractivity contribution in [2.24, 2.45) is 0 Å². The molecule has 7 nitrogen and oxygen atoms in total. The molecule has 1 N–H and O–H groups in total. The Kier molecular flexibility index (Phi) is 6.66. The van der Waals surface area contributed by atoms with Crippen LogP contribution in [-0.4, -0.2) is 64.5 Å². The minimum Gasteiger partial charge on any atom is -0.394 e. The molecule has 3 aromatic rings. The van der Waals surface area contributed by atoms with Crippen molar-refractivity contribution in [2.45, 2.75) is 30.3 Å². The van der Waals surface area contributed by atoms with Crippen molar-refractivity contribution >= 4 is 10.0 Å². The first-order valence-electron chi connectivity index (χ1n) is 10.7. The summed E-state index contributed by atoms with van der Waals surface area (Å²) in [6.07, 6.45) is 3.89. The van der Waals surface area contributed by atoms with E-state index in [1.807, 2.05) is 43.3 Å². The van der Waals surface area contributed by atoms with E-state index in [1.54, 1.807) is 36.7 Å². The quantitative estimate of drug-likeness (QED) is 0.592. The number of aryl methyl sites for hydroxylation is 1. The van der Waals surface area contributed by atoms with Crippen molar-refractivity contribution in [3.63, 3.8) is 0 Å². The van der Waals surface area contributed by atoms with Gasteiger partial charge >= 0.3 is 0 Å². The first-order valence-corrected chi connectivity index (χ1v) is 12.1. The van der Waals surface area contributed by atoms with Crippen molar-refractivity contribution in [2.75, 3.05) is 26.2 Å². The molecule has 1 aliphatic heterocycles. The number of rotatable bonds is 7. The second-order valence-corrected chi connectivity index (χ2v) is 10.2. The van der Waals surface area contributed by atoms with Crippen molar-refractivity contribution in [1.29, 1.82) is 0 Å². The van der Waals surface area contributed by atoms with E-state index in [2.05, 4.69) is 14.9 Å². The number of aromatic nitrogens is 2. The number of aliphatic hydroxyl groups excluding tert-OH is 1. The van der Waals surface area contributed by atoms with Gasteiger partial charge in [-0.1, -0.05) is 29.8 Å². The molecule has 168 valence electrons. The average molecular weight is 453 g/mol. The van der Waals surface area contributed by atoms with Crippen LogP contribution in [0.4, 0.5) is 0 Å². The largest absolute Gasteiger partial charge is 0.394 e. The predicted octanol–water partition coefficient (Wildman–Crippen LogP) is 2.27. The second kappa shape index (κ2) is 9.46. The lowest BCUT2D eigenvalue weighted by Crippen LogP contribution is -2.65. The fraction of sp³-hybridized carbons (Fsp3) is 0.333. The standard InChI is InChI=1S/C24H28N4O3S/c1-20-8-10-23(11-9-20)32(30,31)28-15-14-27(17-22-7-3-5-13-26-22)24(18-28,19-29)16-21-6-2-4-12-25-21/h2-13,29H,14-19H2,1H3. The van der Waals surface area contributed by atoms with Crippen LogP contribution in [-0.2, 0) is 23.0 Å². The Balaban J connectivity index is 1.67. The average Bonchev–Trinajstić information content (AvgIpc) is 2.82. The number of hydrogen-bond acceptors (Lipinski definition) is 6. The van der Waals surface area contributed by atoms with Gasteiger partial charge in [-0.2, -0.15) is 4.31 Å². The molecule has 32 heavy (non-hydrogen) atoms. The highest BCUT2D eigenvalue weighted by atomic mass is 32.2. The van der Waals surface area contributed by atoms with Crippen molar-refractivity contribution in [3.05, 3.63) is 90.0 Å². The summed E-state index contributed by atoms with van der Waals surface area (Å²) in [5.41, 5.74) is 1.87. The Hall–Kier alpha value is -2.65. The summed E-state index contributed by atoms with van der Waals surface area (Å²) in [6.45, 7) is 3.24. The van der Waals surface area contributed by atoms with E-state index in [0.29, 0.717) is 26.1 Å². The van der Waals surface area contributed by atoms with Gasteiger partial charge in [0.05, 0.1) is 22.7 Å². The van der Waals surface area contributed by atoms with Crippen LogP contribution in [0.1, 0.15) is 17.0 Å². The van der Waals surface area contributed by atoms with Gasteiger partial charge in [0.2, 0.25) is 10.0 Å². The summed E-state index contributed by atoms with van der Waals surface area (Å²) in [5.74, 6) is 0. The van der Waals surface area contributed by atoms with E-state index >= 15 is 0 Å². The zero-order valence-corrected chi connectivity index (χ0v) is 18.9. The van der Waals surface area contributed by atoms with Crippen LogP contribution in [0.25, 0.3) is 0 Å².